The molecule has 0 heterocycles. The van der Waals surface area contributed by atoms with E-state index in [1.165, 1.54) is 44.9 Å². The van der Waals surface area contributed by atoms with Crippen LogP contribution in [0.3, 0.4) is 0 Å². The van der Waals surface area contributed by atoms with Crippen LogP contribution in [0.5, 0.6) is 0 Å². The Morgan fingerprint density at radius 1 is 1.03 bits per heavy atom. The van der Waals surface area contributed by atoms with Gasteiger partial charge in [-0.3, -0.25) is 0 Å². The zero-order valence-corrected chi connectivity index (χ0v) is 20.7. The fourth-order valence-corrected chi connectivity index (χ4v) is 10.3. The van der Waals surface area contributed by atoms with Crippen LogP contribution in [0, 0.1) is 64.1 Å². The normalized spacial score (nSPS) is 53.5. The van der Waals surface area contributed by atoms with Gasteiger partial charge in [0.25, 0.3) is 0 Å². The molecular weight excluding hydrogens is 364 g/mol. The molecule has 5 aliphatic carbocycles. The van der Waals surface area contributed by atoms with Crippen LogP contribution in [0.1, 0.15) is 99.3 Å². The lowest BCUT2D eigenvalue weighted by atomic mass is 9.47. The van der Waals surface area contributed by atoms with Crippen molar-refractivity contribution in [2.75, 3.05) is 0 Å². The molecule has 0 aromatic heterocycles. The predicted octanol–water partition coefficient (Wildman–Crippen LogP) is 7.49. The van der Waals surface area contributed by atoms with Crippen molar-refractivity contribution in [3.05, 3.63) is 11.6 Å². The van der Waals surface area contributed by atoms with Crippen molar-refractivity contribution >= 4 is 0 Å². The van der Waals surface area contributed by atoms with Crippen molar-refractivity contribution < 1.29 is 5.11 Å². The van der Waals surface area contributed by atoms with Gasteiger partial charge in [0.1, 0.15) is 0 Å². The molecule has 0 bridgehead atoms. The minimum atomic E-state index is -0.0778. The molecule has 1 nitrogen and oxygen atoms in total. The van der Waals surface area contributed by atoms with Crippen LogP contribution in [0.2, 0.25) is 0 Å². The highest BCUT2D eigenvalue weighted by Gasteiger charge is 2.60. The van der Waals surface area contributed by atoms with Crippen molar-refractivity contribution in [1.29, 1.82) is 0 Å². The van der Waals surface area contributed by atoms with E-state index in [2.05, 4.69) is 47.6 Å². The Labute approximate surface area is 186 Å². The second-order valence-corrected chi connectivity index (χ2v) is 13.4. The van der Waals surface area contributed by atoms with Crippen LogP contribution in [0.25, 0.3) is 0 Å². The highest BCUT2D eigenvalue weighted by Crippen LogP contribution is 2.68. The molecule has 0 aromatic carbocycles. The maximum absolute atomic E-state index is 10.3. The van der Waals surface area contributed by atoms with E-state index in [1.807, 2.05) is 0 Å². The van der Waals surface area contributed by atoms with Gasteiger partial charge in [0.15, 0.2) is 0 Å². The molecule has 0 radical (unpaired) electrons. The fourth-order valence-electron chi connectivity index (χ4n) is 10.3. The average molecular weight is 413 g/mol. The zero-order chi connectivity index (χ0) is 21.4. The molecular formula is C29H48O. The number of aliphatic hydroxyl groups is 1. The van der Waals surface area contributed by atoms with Crippen LogP contribution in [0.4, 0.5) is 0 Å². The van der Waals surface area contributed by atoms with Crippen LogP contribution >= 0.6 is 0 Å². The minimum Gasteiger partial charge on any atom is -0.393 e. The molecule has 0 amide bonds. The second kappa shape index (κ2) is 7.36. The van der Waals surface area contributed by atoms with Crippen LogP contribution in [-0.4, -0.2) is 11.2 Å². The third kappa shape index (κ3) is 3.11. The van der Waals surface area contributed by atoms with Crippen molar-refractivity contribution in [1.82, 2.24) is 0 Å². The first-order chi connectivity index (χ1) is 14.2. The van der Waals surface area contributed by atoms with Gasteiger partial charge in [-0.05, 0) is 122 Å². The van der Waals surface area contributed by atoms with E-state index in [0.29, 0.717) is 10.8 Å². The summed E-state index contributed by atoms with van der Waals surface area (Å²) < 4.78 is 0. The Morgan fingerprint density at radius 3 is 2.50 bits per heavy atom. The highest BCUT2D eigenvalue weighted by atomic mass is 16.3. The number of hydrogen-bond acceptors (Lipinski definition) is 1. The Hall–Kier alpha value is -0.300. The molecule has 0 saturated heterocycles. The minimum absolute atomic E-state index is 0.0778. The van der Waals surface area contributed by atoms with E-state index in [9.17, 15) is 5.11 Å². The quantitative estimate of drug-likeness (QED) is 0.474. The first kappa shape index (κ1) is 21.5. The van der Waals surface area contributed by atoms with Gasteiger partial charge >= 0.3 is 0 Å². The lowest BCUT2D eigenvalue weighted by molar-refractivity contribution is -0.0576. The zero-order valence-electron chi connectivity index (χ0n) is 20.7. The molecule has 5 aliphatic rings. The van der Waals surface area contributed by atoms with E-state index < -0.39 is 0 Å². The summed E-state index contributed by atoms with van der Waals surface area (Å²) in [6, 6.07) is 0. The molecule has 0 aromatic rings. The maximum Gasteiger partial charge on any atom is 0.0577 e. The monoisotopic (exact) mass is 412 g/mol. The molecule has 0 aliphatic heterocycles. The number of aliphatic hydroxyl groups excluding tert-OH is 1. The Balaban J connectivity index is 1.32. The van der Waals surface area contributed by atoms with E-state index in [-0.39, 0.29) is 6.10 Å². The van der Waals surface area contributed by atoms with Gasteiger partial charge in [-0.15, -0.1) is 0 Å². The topological polar surface area (TPSA) is 20.2 Å². The van der Waals surface area contributed by atoms with Gasteiger partial charge in [-0.25, -0.2) is 0 Å². The summed E-state index contributed by atoms with van der Waals surface area (Å²) in [4.78, 5) is 0. The third-order valence-corrected chi connectivity index (χ3v) is 11.9. The number of hydrogen-bond donors (Lipinski definition) is 1. The molecule has 1 heteroatoms. The summed E-state index contributed by atoms with van der Waals surface area (Å²) in [7, 11) is 0. The summed E-state index contributed by atoms with van der Waals surface area (Å²) in [5, 5.41) is 10.3. The van der Waals surface area contributed by atoms with Crippen molar-refractivity contribution in [2.45, 2.75) is 105 Å². The van der Waals surface area contributed by atoms with Gasteiger partial charge in [-0.1, -0.05) is 53.2 Å². The first-order valence-electron chi connectivity index (χ1n) is 13.5. The van der Waals surface area contributed by atoms with E-state index in [1.54, 1.807) is 5.57 Å². The molecule has 11 atom stereocenters. The fraction of sp³-hybridized carbons (Fsp3) is 0.931. The maximum atomic E-state index is 10.3. The van der Waals surface area contributed by atoms with Gasteiger partial charge in [0.05, 0.1) is 6.10 Å². The van der Waals surface area contributed by atoms with Crippen molar-refractivity contribution in [3.63, 3.8) is 0 Å². The van der Waals surface area contributed by atoms with Crippen LogP contribution in [-0.2, 0) is 0 Å². The molecule has 30 heavy (non-hydrogen) atoms. The number of allylic oxidation sites excluding steroid dienone is 1. The van der Waals surface area contributed by atoms with Crippen molar-refractivity contribution in [2.24, 2.45) is 64.1 Å². The van der Waals surface area contributed by atoms with Gasteiger partial charge < -0.3 is 5.11 Å². The molecule has 4 fully saturated rings. The lowest BCUT2D eigenvalue weighted by Crippen LogP contribution is -2.50. The molecule has 0 spiro atoms. The first-order valence-corrected chi connectivity index (χ1v) is 13.5. The second-order valence-electron chi connectivity index (χ2n) is 13.4. The molecule has 0 unspecified atom stereocenters. The standard InChI is InChI=1S/C29H48O/c1-17(2)27-19(4)23(27)15-18(3)24-9-10-25-22-8-7-20-16-21(30)11-13-28(20,5)26(22)12-14-29(24,25)6/h7,17-19,21-27,30H,8-16H2,1-6H3/t18-,19-,21+,22+,23+,24-,25+,26+,27+,28+,29-/m1/s1. The molecule has 4 saturated carbocycles. The highest BCUT2D eigenvalue weighted by molar-refractivity contribution is 5.25. The Bertz CT molecular complexity index is 692. The molecule has 5 rings (SSSR count). The molecule has 170 valence electrons. The third-order valence-electron chi connectivity index (χ3n) is 11.9. The van der Waals surface area contributed by atoms with E-state index in [0.717, 1.165) is 66.1 Å². The molecule has 1 N–H and O–H groups in total. The summed E-state index contributed by atoms with van der Waals surface area (Å²) in [6.45, 7) is 15.3. The van der Waals surface area contributed by atoms with Gasteiger partial charge in [0, 0.05) is 0 Å². The lowest BCUT2D eigenvalue weighted by Gasteiger charge is -2.58. The predicted molar refractivity (Wildman–Crippen MR) is 126 cm³/mol. The average Bonchev–Trinajstić information content (AvgIpc) is 3.17. The van der Waals surface area contributed by atoms with E-state index >= 15 is 0 Å². The Morgan fingerprint density at radius 2 is 1.80 bits per heavy atom. The van der Waals surface area contributed by atoms with E-state index in [4.69, 9.17) is 0 Å². The number of rotatable bonds is 4. The number of fused-ring (bicyclic) bond motifs is 5. The smallest absolute Gasteiger partial charge is 0.0577 e. The van der Waals surface area contributed by atoms with Crippen LogP contribution < -0.4 is 0 Å². The Kier molecular flexibility index (Phi) is 5.28. The summed E-state index contributed by atoms with van der Waals surface area (Å²) in [5.41, 5.74) is 2.60. The van der Waals surface area contributed by atoms with Crippen molar-refractivity contribution in [3.8, 4) is 0 Å². The summed E-state index contributed by atoms with van der Waals surface area (Å²) in [6.07, 6.45) is 14.4. The van der Waals surface area contributed by atoms with Gasteiger partial charge in [0.2, 0.25) is 0 Å². The largest absolute Gasteiger partial charge is 0.393 e. The summed E-state index contributed by atoms with van der Waals surface area (Å²) >= 11 is 0. The van der Waals surface area contributed by atoms with Gasteiger partial charge in [-0.2, -0.15) is 0 Å². The summed E-state index contributed by atoms with van der Waals surface area (Å²) in [5.74, 6) is 8.44. The SMILES string of the molecule is CC(C)[C@H]1[C@H](C)[C@@H]1C[C@@H](C)[C@H]1CC[C@H]2[C@@H]3CC=C4C[C@@H](O)CC[C@]4(C)[C@H]3CC[C@]12C. The van der Waals surface area contributed by atoms with Crippen LogP contribution in [0.15, 0.2) is 11.6 Å².